The van der Waals surface area contributed by atoms with Crippen molar-refractivity contribution < 1.29 is 9.18 Å². The summed E-state index contributed by atoms with van der Waals surface area (Å²) in [5.74, 6) is -0.696. The zero-order chi connectivity index (χ0) is 20.1. The standard InChI is InChI=1S/C21H28ClFN4O/c22-19-13-17(5-6-20(19)23)27-11-9-26(10-12-27)8-7-15-1-3-16(4-2-15)18(14-24)21(25)28/h5-6,13,15-16,18H,1-4,7-12H2,(H2,25,28). The predicted octanol–water partition coefficient (Wildman–Crippen LogP) is 3.42. The molecule has 1 atom stereocenters. The van der Waals surface area contributed by atoms with Gasteiger partial charge in [0.15, 0.2) is 0 Å². The quantitative estimate of drug-likeness (QED) is 0.785. The van der Waals surface area contributed by atoms with Crippen LogP contribution in [0.3, 0.4) is 0 Å². The fourth-order valence-corrected chi connectivity index (χ4v) is 4.66. The van der Waals surface area contributed by atoms with E-state index in [2.05, 4.69) is 15.9 Å². The summed E-state index contributed by atoms with van der Waals surface area (Å²) < 4.78 is 13.3. The van der Waals surface area contributed by atoms with Gasteiger partial charge in [-0.15, -0.1) is 0 Å². The number of carbonyl (C=O) groups excluding carboxylic acids is 1. The van der Waals surface area contributed by atoms with Gasteiger partial charge in [-0.3, -0.25) is 9.69 Å². The highest BCUT2D eigenvalue weighted by molar-refractivity contribution is 6.31. The van der Waals surface area contributed by atoms with Crippen molar-refractivity contribution in [2.45, 2.75) is 32.1 Å². The Balaban J connectivity index is 1.39. The molecule has 1 saturated heterocycles. The molecular formula is C21H28ClFN4O. The van der Waals surface area contributed by atoms with Crippen molar-refractivity contribution in [1.82, 2.24) is 4.90 Å². The van der Waals surface area contributed by atoms with Crippen LogP contribution in [0.15, 0.2) is 18.2 Å². The second kappa shape index (κ2) is 9.58. The van der Waals surface area contributed by atoms with Gasteiger partial charge in [0.05, 0.1) is 11.1 Å². The van der Waals surface area contributed by atoms with Gasteiger partial charge in [-0.05, 0) is 55.8 Å². The third-order valence-corrected chi connectivity index (χ3v) is 6.59. The van der Waals surface area contributed by atoms with Gasteiger partial charge in [0.25, 0.3) is 0 Å². The highest BCUT2D eigenvalue weighted by atomic mass is 35.5. The molecule has 1 aromatic rings. The maximum absolute atomic E-state index is 13.3. The Hall–Kier alpha value is -1.84. The highest BCUT2D eigenvalue weighted by Crippen LogP contribution is 2.35. The second-order valence-corrected chi connectivity index (χ2v) is 8.41. The first kappa shape index (κ1) is 20.9. The lowest BCUT2D eigenvalue weighted by Gasteiger charge is -2.37. The molecule has 0 aromatic heterocycles. The minimum absolute atomic E-state index is 0.129. The number of piperazine rings is 1. The first-order chi connectivity index (χ1) is 13.5. The van der Waals surface area contributed by atoms with Gasteiger partial charge in [0.1, 0.15) is 11.7 Å². The fourth-order valence-electron chi connectivity index (χ4n) is 4.49. The zero-order valence-electron chi connectivity index (χ0n) is 16.1. The van der Waals surface area contributed by atoms with Crippen LogP contribution in [0.2, 0.25) is 5.02 Å². The summed E-state index contributed by atoms with van der Waals surface area (Å²) in [6.07, 6.45) is 5.15. The molecule has 2 fully saturated rings. The molecule has 0 spiro atoms. The average molecular weight is 407 g/mol. The smallest absolute Gasteiger partial charge is 0.235 e. The van der Waals surface area contributed by atoms with Crippen LogP contribution in [0.1, 0.15) is 32.1 Å². The molecule has 28 heavy (non-hydrogen) atoms. The van der Waals surface area contributed by atoms with Crippen LogP contribution in [-0.2, 0) is 4.79 Å². The number of nitrogens with zero attached hydrogens (tertiary/aromatic N) is 3. The number of primary amides is 1. The third kappa shape index (κ3) is 5.15. The van der Waals surface area contributed by atoms with Crippen molar-refractivity contribution >= 4 is 23.2 Å². The molecule has 1 amide bonds. The van der Waals surface area contributed by atoms with Gasteiger partial charge in [0.2, 0.25) is 5.91 Å². The van der Waals surface area contributed by atoms with E-state index in [9.17, 15) is 9.18 Å². The molecule has 2 N–H and O–H groups in total. The molecule has 1 aliphatic carbocycles. The minimum atomic E-state index is -0.631. The van der Waals surface area contributed by atoms with E-state index >= 15 is 0 Å². The molecule has 3 rings (SSSR count). The van der Waals surface area contributed by atoms with E-state index in [0.29, 0.717) is 5.92 Å². The van der Waals surface area contributed by atoms with Crippen LogP contribution in [0.4, 0.5) is 10.1 Å². The Kier molecular flexibility index (Phi) is 7.14. The summed E-state index contributed by atoms with van der Waals surface area (Å²) in [6.45, 7) is 4.88. The number of hydrogen-bond donors (Lipinski definition) is 1. The average Bonchev–Trinajstić information content (AvgIpc) is 2.70. The van der Waals surface area contributed by atoms with Crippen LogP contribution < -0.4 is 10.6 Å². The summed E-state index contributed by atoms with van der Waals surface area (Å²) in [6, 6.07) is 6.99. The van der Waals surface area contributed by atoms with Crippen molar-refractivity contribution in [2.24, 2.45) is 23.5 Å². The van der Waals surface area contributed by atoms with E-state index < -0.39 is 11.8 Å². The van der Waals surface area contributed by atoms with E-state index in [4.69, 9.17) is 22.6 Å². The van der Waals surface area contributed by atoms with Gasteiger partial charge >= 0.3 is 0 Å². The number of anilines is 1. The van der Waals surface area contributed by atoms with Crippen LogP contribution >= 0.6 is 11.6 Å². The van der Waals surface area contributed by atoms with Gasteiger partial charge < -0.3 is 10.6 Å². The van der Waals surface area contributed by atoms with Crippen LogP contribution in [0.25, 0.3) is 0 Å². The Morgan fingerprint density at radius 2 is 1.93 bits per heavy atom. The molecule has 1 saturated carbocycles. The number of amides is 1. The van der Waals surface area contributed by atoms with Gasteiger partial charge in [-0.2, -0.15) is 5.26 Å². The summed E-state index contributed by atoms with van der Waals surface area (Å²) >= 11 is 5.90. The number of benzene rings is 1. The van der Waals surface area contributed by atoms with E-state index in [1.165, 1.54) is 6.07 Å². The molecule has 1 unspecified atom stereocenters. The lowest BCUT2D eigenvalue weighted by molar-refractivity contribution is -0.122. The van der Waals surface area contributed by atoms with Crippen molar-refractivity contribution in [2.75, 3.05) is 37.6 Å². The van der Waals surface area contributed by atoms with Crippen LogP contribution in [0.5, 0.6) is 0 Å². The first-order valence-electron chi connectivity index (χ1n) is 10.1. The number of carbonyl (C=O) groups is 1. The minimum Gasteiger partial charge on any atom is -0.369 e. The summed E-state index contributed by atoms with van der Waals surface area (Å²) in [4.78, 5) is 16.1. The molecule has 0 radical (unpaired) electrons. The van der Waals surface area contributed by atoms with Gasteiger partial charge in [-0.25, -0.2) is 4.39 Å². The van der Waals surface area contributed by atoms with Crippen molar-refractivity contribution in [3.05, 3.63) is 29.0 Å². The molecule has 7 heteroatoms. The molecule has 5 nitrogen and oxygen atoms in total. The molecule has 152 valence electrons. The predicted molar refractivity (Wildman–Crippen MR) is 108 cm³/mol. The molecule has 0 bridgehead atoms. The monoisotopic (exact) mass is 406 g/mol. The normalized spacial score (nSPS) is 24.5. The van der Waals surface area contributed by atoms with Crippen molar-refractivity contribution in [1.29, 1.82) is 5.26 Å². The summed E-state index contributed by atoms with van der Waals surface area (Å²) in [5, 5.41) is 9.31. The van der Waals surface area contributed by atoms with E-state index in [0.717, 1.165) is 70.5 Å². The van der Waals surface area contributed by atoms with Crippen molar-refractivity contribution in [3.8, 4) is 6.07 Å². The number of nitriles is 1. The van der Waals surface area contributed by atoms with E-state index in [1.54, 1.807) is 12.1 Å². The Morgan fingerprint density at radius 1 is 1.25 bits per heavy atom. The Bertz CT molecular complexity index is 722. The Morgan fingerprint density at radius 3 is 2.50 bits per heavy atom. The second-order valence-electron chi connectivity index (χ2n) is 8.01. The number of halogens is 2. The first-order valence-corrected chi connectivity index (χ1v) is 10.5. The zero-order valence-corrected chi connectivity index (χ0v) is 16.9. The van der Waals surface area contributed by atoms with Gasteiger partial charge in [0, 0.05) is 31.9 Å². The number of nitrogens with two attached hydrogens (primary N) is 1. The maximum Gasteiger partial charge on any atom is 0.235 e. The maximum atomic E-state index is 13.3. The third-order valence-electron chi connectivity index (χ3n) is 6.30. The van der Waals surface area contributed by atoms with Crippen molar-refractivity contribution in [3.63, 3.8) is 0 Å². The highest BCUT2D eigenvalue weighted by Gasteiger charge is 2.31. The lowest BCUT2D eigenvalue weighted by Crippen LogP contribution is -2.47. The van der Waals surface area contributed by atoms with E-state index in [1.807, 2.05) is 0 Å². The molecule has 2 aliphatic rings. The molecule has 1 aliphatic heterocycles. The largest absolute Gasteiger partial charge is 0.369 e. The fraction of sp³-hybridized carbons (Fsp3) is 0.619. The SMILES string of the molecule is N#CC(C(N)=O)C1CCC(CCN2CCN(c3ccc(F)c(Cl)c3)CC2)CC1. The van der Waals surface area contributed by atoms with Crippen LogP contribution in [0, 0.1) is 34.9 Å². The van der Waals surface area contributed by atoms with Gasteiger partial charge in [-0.1, -0.05) is 24.4 Å². The summed E-state index contributed by atoms with van der Waals surface area (Å²) in [7, 11) is 0. The Labute approximate surface area is 171 Å². The molecule has 1 aromatic carbocycles. The van der Waals surface area contributed by atoms with Crippen LogP contribution in [-0.4, -0.2) is 43.5 Å². The summed E-state index contributed by atoms with van der Waals surface area (Å²) in [5.41, 5.74) is 6.32. The van der Waals surface area contributed by atoms with E-state index in [-0.39, 0.29) is 16.8 Å². The number of rotatable bonds is 6. The lowest BCUT2D eigenvalue weighted by atomic mass is 9.75. The molecule has 1 heterocycles. The number of hydrogen-bond acceptors (Lipinski definition) is 4. The molecular weight excluding hydrogens is 379 g/mol. The topological polar surface area (TPSA) is 73.4 Å².